The first-order valence-electron chi connectivity index (χ1n) is 3.20. The topological polar surface area (TPSA) is 80.9 Å². The third kappa shape index (κ3) is 3.83. The lowest BCUT2D eigenvalue weighted by Gasteiger charge is -2.18. The van der Waals surface area contributed by atoms with E-state index in [1.165, 1.54) is 5.37 Å². The average molecular weight is 182 g/mol. The summed E-state index contributed by atoms with van der Waals surface area (Å²) >= 11 is 0.818. The Morgan fingerprint density at radius 2 is 1.91 bits per heavy atom. The molecule has 0 aliphatic rings. The summed E-state index contributed by atoms with van der Waals surface area (Å²) in [5, 5.41) is 36.7. The summed E-state index contributed by atoms with van der Waals surface area (Å²) in [6.45, 7) is -0.549. The maximum atomic E-state index is 9.04. The van der Waals surface area contributed by atoms with E-state index in [1.54, 1.807) is 6.26 Å². The van der Waals surface area contributed by atoms with Crippen molar-refractivity contribution in [2.24, 2.45) is 0 Å². The highest BCUT2D eigenvalue weighted by atomic mass is 32.1. The normalized spacial score (nSPS) is 20.8. The summed E-state index contributed by atoms with van der Waals surface area (Å²) in [7, 11) is 0. The second-order valence-electron chi connectivity index (χ2n) is 2.14. The van der Waals surface area contributed by atoms with Gasteiger partial charge < -0.3 is 20.4 Å². The van der Waals surface area contributed by atoms with E-state index in [9.17, 15) is 0 Å². The molecule has 0 aromatic heterocycles. The Hall–Kier alpha value is 0.0600. The van der Waals surface area contributed by atoms with Gasteiger partial charge in [-0.05, 0) is 11.6 Å². The van der Waals surface area contributed by atoms with E-state index in [0.29, 0.717) is 0 Å². The molecule has 0 saturated carbocycles. The van der Waals surface area contributed by atoms with Gasteiger partial charge in [-0.2, -0.15) is 0 Å². The van der Waals surface area contributed by atoms with Gasteiger partial charge in [-0.3, -0.25) is 0 Å². The van der Waals surface area contributed by atoms with Crippen LogP contribution in [-0.2, 0) is 0 Å². The van der Waals surface area contributed by atoms with Gasteiger partial charge in [0.25, 0.3) is 0 Å². The van der Waals surface area contributed by atoms with Crippen molar-refractivity contribution in [3.63, 3.8) is 0 Å². The van der Waals surface area contributed by atoms with Crippen LogP contribution < -0.4 is 0 Å². The Labute approximate surface area is 69.1 Å². The van der Waals surface area contributed by atoms with Crippen molar-refractivity contribution < 1.29 is 20.4 Å². The smallest absolute Gasteiger partial charge is 0.112 e. The van der Waals surface area contributed by atoms with Crippen LogP contribution in [0.2, 0.25) is 0 Å². The number of aliphatic hydroxyl groups excluding tert-OH is 4. The lowest BCUT2D eigenvalue weighted by atomic mass is 10.1. The van der Waals surface area contributed by atoms with Gasteiger partial charge in [-0.15, -0.1) is 0 Å². The molecule has 5 heteroatoms. The van der Waals surface area contributed by atoms with E-state index in [-0.39, 0.29) is 0 Å². The van der Waals surface area contributed by atoms with Crippen LogP contribution in [-0.4, -0.2) is 57.0 Å². The Bertz CT molecular complexity index is 128. The Morgan fingerprint density at radius 1 is 1.36 bits per heavy atom. The molecule has 0 unspecified atom stereocenters. The fourth-order valence-electron chi connectivity index (χ4n) is 0.577. The van der Waals surface area contributed by atoms with Gasteiger partial charge >= 0.3 is 0 Å². The Morgan fingerprint density at radius 3 is 2.27 bits per heavy atom. The molecule has 11 heavy (non-hydrogen) atoms. The van der Waals surface area contributed by atoms with E-state index < -0.39 is 24.9 Å². The molecular formula is C6H14O4S. The van der Waals surface area contributed by atoms with Crippen molar-refractivity contribution in [1.29, 1.82) is 0 Å². The van der Waals surface area contributed by atoms with Crippen LogP contribution in [0.4, 0.5) is 0 Å². The van der Waals surface area contributed by atoms with Gasteiger partial charge in [-0.1, -0.05) is 0 Å². The molecule has 68 valence electrons. The summed E-state index contributed by atoms with van der Waals surface area (Å²) < 4.78 is 0. The van der Waals surface area contributed by atoms with E-state index in [1.807, 2.05) is 0 Å². The molecule has 0 amide bonds. The highest BCUT2D eigenvalue weighted by molar-refractivity contribution is 7.96. The molecule has 0 rings (SSSR count). The maximum absolute atomic E-state index is 9.04. The minimum atomic E-state index is -1.30. The molecule has 0 aliphatic carbocycles. The van der Waals surface area contributed by atoms with Gasteiger partial charge in [-0.25, -0.2) is 11.4 Å². The molecule has 0 saturated heterocycles. The van der Waals surface area contributed by atoms with Crippen molar-refractivity contribution in [3.8, 4) is 0 Å². The SMILES string of the molecule is C[SH]=C[C@H](O)[C@H](O)[C@H](O)CO. The molecular weight excluding hydrogens is 168 g/mol. The van der Waals surface area contributed by atoms with Crippen LogP contribution in [0.15, 0.2) is 0 Å². The zero-order chi connectivity index (χ0) is 8.85. The molecule has 0 radical (unpaired) electrons. The van der Waals surface area contributed by atoms with Gasteiger partial charge in [0.2, 0.25) is 0 Å². The molecule has 0 aromatic rings. The summed E-state index contributed by atoms with van der Waals surface area (Å²) in [5.74, 6) is 0. The van der Waals surface area contributed by atoms with Gasteiger partial charge in [0, 0.05) is 0 Å². The minimum Gasteiger partial charge on any atom is -0.394 e. The fourth-order valence-corrected chi connectivity index (χ4v) is 1.06. The van der Waals surface area contributed by atoms with E-state index in [2.05, 4.69) is 0 Å². The number of aliphatic hydroxyl groups is 4. The van der Waals surface area contributed by atoms with Crippen LogP contribution >= 0.6 is 11.4 Å². The standard InChI is InChI=1S/C6H14O4S/c1-11-3-5(9)6(10)4(8)2-7/h3-11H,2H2,1H3/t4-,5+,6-/m1/s1. The molecule has 3 atom stereocenters. The van der Waals surface area contributed by atoms with Gasteiger partial charge in [0.05, 0.1) is 6.61 Å². The largest absolute Gasteiger partial charge is 0.394 e. The number of rotatable bonds is 4. The van der Waals surface area contributed by atoms with Crippen LogP contribution in [0.5, 0.6) is 0 Å². The number of hydrogen-bond acceptors (Lipinski definition) is 4. The average Bonchev–Trinajstić information content (AvgIpc) is 2.02. The molecule has 4 nitrogen and oxygen atoms in total. The molecule has 0 heterocycles. The third-order valence-electron chi connectivity index (χ3n) is 1.23. The monoisotopic (exact) mass is 182 g/mol. The van der Waals surface area contributed by atoms with Gasteiger partial charge in [0.1, 0.15) is 18.3 Å². The second-order valence-corrected chi connectivity index (χ2v) is 2.95. The van der Waals surface area contributed by atoms with Crippen molar-refractivity contribution in [2.45, 2.75) is 18.3 Å². The summed E-state index contributed by atoms with van der Waals surface area (Å²) in [6, 6.07) is 0. The molecule has 0 aliphatic heterocycles. The lowest BCUT2D eigenvalue weighted by Crippen LogP contribution is -2.40. The predicted octanol–water partition coefficient (Wildman–Crippen LogP) is -2.04. The highest BCUT2D eigenvalue weighted by Gasteiger charge is 2.21. The van der Waals surface area contributed by atoms with Crippen LogP contribution in [0.1, 0.15) is 0 Å². The van der Waals surface area contributed by atoms with Crippen LogP contribution in [0.25, 0.3) is 0 Å². The Balaban J connectivity index is 3.90. The zero-order valence-electron chi connectivity index (χ0n) is 6.25. The van der Waals surface area contributed by atoms with Crippen LogP contribution in [0, 0.1) is 0 Å². The van der Waals surface area contributed by atoms with E-state index in [0.717, 1.165) is 11.4 Å². The third-order valence-corrected chi connectivity index (χ3v) is 1.84. The summed E-state index contributed by atoms with van der Waals surface area (Å²) in [4.78, 5) is 0. The predicted molar refractivity (Wildman–Crippen MR) is 46.1 cm³/mol. The first-order chi connectivity index (χ1) is 5.13. The van der Waals surface area contributed by atoms with E-state index >= 15 is 0 Å². The first kappa shape index (κ1) is 11.1. The molecule has 0 bridgehead atoms. The van der Waals surface area contributed by atoms with Crippen molar-refractivity contribution >= 4 is 16.7 Å². The van der Waals surface area contributed by atoms with Crippen molar-refractivity contribution in [3.05, 3.63) is 0 Å². The summed E-state index contributed by atoms with van der Waals surface area (Å²) in [5.41, 5.74) is 0. The molecule has 0 aromatic carbocycles. The quantitative estimate of drug-likeness (QED) is 0.256. The van der Waals surface area contributed by atoms with Crippen LogP contribution in [0.3, 0.4) is 0 Å². The number of thiol groups is 1. The minimum absolute atomic E-state index is 0.549. The molecule has 0 fully saturated rings. The van der Waals surface area contributed by atoms with Crippen molar-refractivity contribution in [2.75, 3.05) is 12.9 Å². The summed E-state index contributed by atoms with van der Waals surface area (Å²) in [6.07, 6.45) is -1.87. The highest BCUT2D eigenvalue weighted by Crippen LogP contribution is 1.98. The van der Waals surface area contributed by atoms with Crippen molar-refractivity contribution in [1.82, 2.24) is 0 Å². The van der Waals surface area contributed by atoms with Gasteiger partial charge in [0.15, 0.2) is 0 Å². The lowest BCUT2D eigenvalue weighted by molar-refractivity contribution is -0.0536. The zero-order valence-corrected chi connectivity index (χ0v) is 7.15. The first-order valence-corrected chi connectivity index (χ1v) is 4.62. The maximum Gasteiger partial charge on any atom is 0.112 e. The number of hydrogen-bond donors (Lipinski definition) is 5. The molecule has 4 N–H and O–H groups in total. The molecule has 0 spiro atoms. The fraction of sp³-hybridized carbons (Fsp3) is 0.833. The Kier molecular flexibility index (Phi) is 5.71. The second kappa shape index (κ2) is 5.68. The van der Waals surface area contributed by atoms with E-state index in [4.69, 9.17) is 20.4 Å².